The summed E-state index contributed by atoms with van der Waals surface area (Å²) < 4.78 is 7.70. The van der Waals surface area contributed by atoms with Gasteiger partial charge in [0, 0.05) is 55.8 Å². The Labute approximate surface area is 222 Å². The molecule has 0 fully saturated rings. The van der Waals surface area contributed by atoms with E-state index in [0.717, 1.165) is 38.9 Å². The van der Waals surface area contributed by atoms with Crippen LogP contribution in [-0.2, 0) is 29.1 Å². The van der Waals surface area contributed by atoms with E-state index in [9.17, 15) is 9.59 Å². The number of hydrogen-bond acceptors (Lipinski definition) is 6. The number of nitrogens with zero attached hydrogens (tertiary/aromatic N) is 4. The number of carbonyl (C=O) groups is 2. The Bertz CT molecular complexity index is 1280. The number of aromatic nitrogens is 2. The molecule has 0 saturated heterocycles. The maximum absolute atomic E-state index is 13.1. The molecule has 37 heavy (non-hydrogen) atoms. The van der Waals surface area contributed by atoms with Crippen molar-refractivity contribution in [2.75, 3.05) is 25.5 Å². The first-order valence-electron chi connectivity index (χ1n) is 12.7. The number of aliphatic imine (C=N–C) groups is 1. The van der Waals surface area contributed by atoms with Crippen molar-refractivity contribution in [3.63, 3.8) is 0 Å². The summed E-state index contributed by atoms with van der Waals surface area (Å²) in [5.41, 5.74) is 4.11. The molecule has 4 rings (SSSR count). The molecule has 8 nitrogen and oxygen atoms in total. The van der Waals surface area contributed by atoms with E-state index in [4.69, 9.17) is 4.74 Å². The van der Waals surface area contributed by atoms with E-state index in [-0.39, 0.29) is 17.7 Å². The lowest BCUT2D eigenvalue weighted by atomic mass is 9.96. The van der Waals surface area contributed by atoms with Crippen molar-refractivity contribution in [1.82, 2.24) is 14.5 Å². The molecule has 196 valence electrons. The summed E-state index contributed by atoms with van der Waals surface area (Å²) >= 11 is 1.55. The van der Waals surface area contributed by atoms with Gasteiger partial charge in [-0.05, 0) is 43.4 Å². The van der Waals surface area contributed by atoms with E-state index >= 15 is 0 Å². The largest absolute Gasteiger partial charge is 0.494 e. The van der Waals surface area contributed by atoms with E-state index in [0.29, 0.717) is 39.1 Å². The van der Waals surface area contributed by atoms with Gasteiger partial charge in [0.05, 0.1) is 25.2 Å². The number of para-hydroxylation sites is 1. The number of imidazole rings is 1. The summed E-state index contributed by atoms with van der Waals surface area (Å²) in [7, 11) is 1.73. The number of carbonyl (C=O) groups excluding carboxylic acids is 2. The van der Waals surface area contributed by atoms with Crippen LogP contribution in [0.5, 0.6) is 5.75 Å². The smallest absolute Gasteiger partial charge is 0.225 e. The van der Waals surface area contributed by atoms with Gasteiger partial charge in [0.25, 0.3) is 0 Å². The molecule has 0 bridgehead atoms. The van der Waals surface area contributed by atoms with Crippen LogP contribution in [0.25, 0.3) is 0 Å². The van der Waals surface area contributed by atoms with Crippen molar-refractivity contribution < 1.29 is 14.3 Å². The number of ether oxygens (including phenoxy) is 1. The fraction of sp³-hybridized carbons (Fsp3) is 0.429. The van der Waals surface area contributed by atoms with Gasteiger partial charge in [-0.3, -0.25) is 14.6 Å². The van der Waals surface area contributed by atoms with Gasteiger partial charge in [-0.1, -0.05) is 25.1 Å². The molecule has 3 heterocycles. The van der Waals surface area contributed by atoms with Gasteiger partial charge in [-0.25, -0.2) is 4.98 Å². The van der Waals surface area contributed by atoms with E-state index in [2.05, 4.69) is 15.3 Å². The molecule has 0 saturated carbocycles. The van der Waals surface area contributed by atoms with E-state index < -0.39 is 0 Å². The van der Waals surface area contributed by atoms with Crippen LogP contribution in [0.3, 0.4) is 0 Å². The average Bonchev–Trinajstić information content (AvgIpc) is 3.45. The van der Waals surface area contributed by atoms with Gasteiger partial charge < -0.3 is 19.5 Å². The number of aryl methyl sites for hydroxylation is 2. The Kier molecular flexibility index (Phi) is 8.76. The zero-order valence-electron chi connectivity index (χ0n) is 22.0. The summed E-state index contributed by atoms with van der Waals surface area (Å²) in [6.07, 6.45) is 7.05. The minimum Gasteiger partial charge on any atom is -0.494 e. The highest BCUT2D eigenvalue weighted by atomic mass is 32.1. The van der Waals surface area contributed by atoms with Crippen molar-refractivity contribution in [1.29, 1.82) is 0 Å². The molecule has 0 spiro atoms. The number of benzene rings is 1. The number of amides is 2. The van der Waals surface area contributed by atoms with Gasteiger partial charge in [0.2, 0.25) is 11.8 Å². The summed E-state index contributed by atoms with van der Waals surface area (Å²) in [5.74, 6) is 0.909. The number of nitrogens with one attached hydrogen (secondary N) is 1. The summed E-state index contributed by atoms with van der Waals surface area (Å²) in [5, 5.41) is 3.93. The lowest BCUT2D eigenvalue weighted by Crippen LogP contribution is -2.35. The molecule has 1 atom stereocenters. The summed E-state index contributed by atoms with van der Waals surface area (Å²) in [4.78, 5) is 37.5. The predicted octanol–water partition coefficient (Wildman–Crippen LogP) is 4.81. The molecule has 1 N–H and O–H groups in total. The highest BCUT2D eigenvalue weighted by Gasteiger charge is 2.27. The van der Waals surface area contributed by atoms with Gasteiger partial charge in [0.1, 0.15) is 10.8 Å². The maximum atomic E-state index is 13.1. The molecule has 2 amide bonds. The minimum absolute atomic E-state index is 0.00743. The fourth-order valence-corrected chi connectivity index (χ4v) is 5.97. The molecule has 3 aromatic rings. The Morgan fingerprint density at radius 1 is 1.32 bits per heavy atom. The van der Waals surface area contributed by atoms with Crippen molar-refractivity contribution in [3.8, 4) is 5.75 Å². The van der Waals surface area contributed by atoms with E-state index in [1.165, 1.54) is 5.56 Å². The summed E-state index contributed by atoms with van der Waals surface area (Å²) in [6, 6.07) is 7.88. The minimum atomic E-state index is -0.0493. The highest BCUT2D eigenvalue weighted by molar-refractivity contribution is 7.16. The molecule has 2 aromatic heterocycles. The van der Waals surface area contributed by atoms with Crippen LogP contribution in [0.15, 0.2) is 41.8 Å². The van der Waals surface area contributed by atoms with Crippen molar-refractivity contribution in [3.05, 3.63) is 64.1 Å². The lowest BCUT2D eigenvalue weighted by Gasteiger charge is -2.27. The third-order valence-corrected chi connectivity index (χ3v) is 7.70. The Hall–Kier alpha value is -3.46. The number of rotatable bonds is 10. The lowest BCUT2D eigenvalue weighted by molar-refractivity contribution is -0.132. The molecular weight excluding hydrogens is 486 g/mol. The quantitative estimate of drug-likeness (QED) is 0.388. The van der Waals surface area contributed by atoms with Crippen LogP contribution >= 0.6 is 11.3 Å². The zero-order chi connectivity index (χ0) is 26.4. The first kappa shape index (κ1) is 26.6. The number of fused-ring (bicyclic) bond motifs is 1. The van der Waals surface area contributed by atoms with Crippen molar-refractivity contribution >= 4 is 34.4 Å². The second-order valence-corrected chi connectivity index (χ2v) is 10.4. The van der Waals surface area contributed by atoms with Crippen LogP contribution in [0, 0.1) is 6.92 Å². The number of hydrogen-bond donors (Lipinski definition) is 1. The van der Waals surface area contributed by atoms with Crippen molar-refractivity contribution in [2.24, 2.45) is 4.99 Å². The Morgan fingerprint density at radius 3 is 2.86 bits per heavy atom. The first-order valence-corrected chi connectivity index (χ1v) is 13.6. The maximum Gasteiger partial charge on any atom is 0.225 e. The molecule has 0 radical (unpaired) electrons. The summed E-state index contributed by atoms with van der Waals surface area (Å²) in [6.45, 7) is 8.36. The SMILES string of the molecule is CCOc1ccccc1C(C)CC(=O)Nc1sc2c(c1C=NC)CCN(C(=O)CCn1cnc(C)c1)C2. The van der Waals surface area contributed by atoms with Gasteiger partial charge in [0.15, 0.2) is 0 Å². The molecule has 0 aliphatic carbocycles. The van der Waals surface area contributed by atoms with Gasteiger partial charge >= 0.3 is 0 Å². The third-order valence-electron chi connectivity index (χ3n) is 6.55. The zero-order valence-corrected chi connectivity index (χ0v) is 22.8. The number of anilines is 1. The molecular formula is C28H35N5O3S. The van der Waals surface area contributed by atoms with Crippen LogP contribution in [0.4, 0.5) is 5.00 Å². The monoisotopic (exact) mass is 521 g/mol. The second kappa shape index (κ2) is 12.2. The van der Waals surface area contributed by atoms with Gasteiger partial charge in [-0.2, -0.15) is 0 Å². The predicted molar refractivity (Wildman–Crippen MR) is 148 cm³/mol. The molecule has 1 unspecified atom stereocenters. The molecule has 1 aromatic carbocycles. The third kappa shape index (κ3) is 6.46. The standard InChI is InChI=1S/C28H35N5O3S/c1-5-36-24-9-7-6-8-21(24)19(2)14-26(34)31-28-23(15-29-4)22-10-13-33(17-25(22)37-28)27(35)11-12-32-16-20(3)30-18-32/h6-9,15-16,18-19H,5,10-14,17H2,1-4H3,(H,31,34). The molecule has 1 aliphatic rings. The average molecular weight is 522 g/mol. The normalized spacial score (nSPS) is 14.0. The van der Waals surface area contributed by atoms with Crippen molar-refractivity contribution in [2.45, 2.75) is 59.0 Å². The Morgan fingerprint density at radius 2 is 2.14 bits per heavy atom. The van der Waals surface area contributed by atoms with Crippen LogP contribution in [0.2, 0.25) is 0 Å². The van der Waals surface area contributed by atoms with Crippen LogP contribution in [-0.4, -0.2) is 52.7 Å². The fourth-order valence-electron chi connectivity index (χ4n) is 4.72. The number of thiophene rings is 1. The van der Waals surface area contributed by atoms with Crippen LogP contribution in [0.1, 0.15) is 59.9 Å². The van der Waals surface area contributed by atoms with E-state index in [1.54, 1.807) is 24.7 Å². The Balaban J connectivity index is 1.42. The topological polar surface area (TPSA) is 88.8 Å². The van der Waals surface area contributed by atoms with Gasteiger partial charge in [-0.15, -0.1) is 11.3 Å². The van der Waals surface area contributed by atoms with Crippen LogP contribution < -0.4 is 10.1 Å². The first-order chi connectivity index (χ1) is 17.9. The molecule has 1 aliphatic heterocycles. The second-order valence-electron chi connectivity index (χ2n) is 9.33. The van der Waals surface area contributed by atoms with E-state index in [1.807, 2.05) is 66.9 Å². The molecule has 9 heteroatoms. The highest BCUT2D eigenvalue weighted by Crippen LogP contribution is 2.37.